The molecular formula is C15H20N2O3. The molecule has 1 aliphatic rings. The van der Waals surface area contributed by atoms with Gasteiger partial charge in [0.15, 0.2) is 0 Å². The van der Waals surface area contributed by atoms with E-state index in [1.54, 1.807) is 0 Å². The van der Waals surface area contributed by atoms with Crippen LogP contribution in [0.3, 0.4) is 0 Å². The number of hydrogen-bond acceptors (Lipinski definition) is 4. The summed E-state index contributed by atoms with van der Waals surface area (Å²) in [4.78, 5) is 23.7. The van der Waals surface area contributed by atoms with Gasteiger partial charge in [0.1, 0.15) is 17.7 Å². The van der Waals surface area contributed by atoms with Gasteiger partial charge in [-0.2, -0.15) is 0 Å². The maximum absolute atomic E-state index is 12.2. The molecule has 5 nitrogen and oxygen atoms in total. The Hall–Kier alpha value is -1.88. The molecule has 2 rings (SSSR count). The third-order valence-electron chi connectivity index (χ3n) is 3.13. The number of rotatable bonds is 2. The predicted octanol–water partition coefficient (Wildman–Crippen LogP) is 1.07. The van der Waals surface area contributed by atoms with Crippen LogP contribution in [0.5, 0.6) is 0 Å². The van der Waals surface area contributed by atoms with Gasteiger partial charge in [-0.3, -0.25) is 14.9 Å². The molecule has 1 heterocycles. The summed E-state index contributed by atoms with van der Waals surface area (Å²) in [5, 5.41) is 2.98. The Morgan fingerprint density at radius 3 is 2.55 bits per heavy atom. The van der Waals surface area contributed by atoms with Gasteiger partial charge in [-0.1, -0.05) is 24.3 Å². The zero-order chi connectivity index (χ0) is 14.9. The second kappa shape index (κ2) is 5.25. The first-order valence-corrected chi connectivity index (χ1v) is 6.64. The van der Waals surface area contributed by atoms with Gasteiger partial charge >= 0.3 is 5.97 Å². The van der Waals surface area contributed by atoms with Crippen molar-refractivity contribution in [2.45, 2.75) is 44.9 Å². The van der Waals surface area contributed by atoms with E-state index in [1.165, 1.54) is 0 Å². The fraction of sp³-hybridized carbons (Fsp3) is 0.467. The van der Waals surface area contributed by atoms with Crippen LogP contribution in [0, 0.1) is 0 Å². The number of nitrogens with two attached hydrogens (primary N) is 1. The van der Waals surface area contributed by atoms with Gasteiger partial charge in [-0.05, 0) is 38.3 Å². The topological polar surface area (TPSA) is 81.4 Å². The van der Waals surface area contributed by atoms with Crippen molar-refractivity contribution in [1.29, 1.82) is 0 Å². The second-order valence-corrected chi connectivity index (χ2v) is 5.99. The number of benzene rings is 1. The Morgan fingerprint density at radius 2 is 1.95 bits per heavy atom. The molecule has 0 spiro atoms. The molecule has 1 amide bonds. The lowest BCUT2D eigenvalue weighted by atomic mass is 9.90. The molecule has 0 aliphatic carbocycles. The fourth-order valence-corrected chi connectivity index (χ4v) is 2.33. The average Bonchev–Trinajstić information content (AvgIpc) is 2.35. The van der Waals surface area contributed by atoms with Gasteiger partial charge in [0.2, 0.25) is 5.91 Å². The summed E-state index contributed by atoms with van der Waals surface area (Å²) in [5.74, 6) is -0.857. The SMILES string of the molecule is CC(C)(C)OC(=O)C1Cc2ccccc2C(C(N)=O)N1. The molecule has 20 heavy (non-hydrogen) atoms. The summed E-state index contributed by atoms with van der Waals surface area (Å²) in [6.07, 6.45) is 0.495. The summed E-state index contributed by atoms with van der Waals surface area (Å²) in [6.45, 7) is 5.44. The molecule has 3 N–H and O–H groups in total. The summed E-state index contributed by atoms with van der Waals surface area (Å²) in [7, 11) is 0. The first kappa shape index (κ1) is 14.5. The van der Waals surface area contributed by atoms with E-state index in [4.69, 9.17) is 10.5 Å². The van der Waals surface area contributed by atoms with Crippen molar-refractivity contribution in [3.8, 4) is 0 Å². The number of amides is 1. The first-order chi connectivity index (χ1) is 9.28. The van der Waals surface area contributed by atoms with Crippen molar-refractivity contribution in [2.75, 3.05) is 0 Å². The monoisotopic (exact) mass is 276 g/mol. The van der Waals surface area contributed by atoms with Gasteiger partial charge in [0.25, 0.3) is 0 Å². The van der Waals surface area contributed by atoms with Crippen LogP contribution in [0.4, 0.5) is 0 Å². The van der Waals surface area contributed by atoms with E-state index in [0.717, 1.165) is 11.1 Å². The molecule has 0 saturated heterocycles. The predicted molar refractivity (Wildman–Crippen MR) is 74.9 cm³/mol. The summed E-state index contributed by atoms with van der Waals surface area (Å²) >= 11 is 0. The van der Waals surface area contributed by atoms with E-state index in [9.17, 15) is 9.59 Å². The van der Waals surface area contributed by atoms with Crippen LogP contribution in [0.1, 0.15) is 37.9 Å². The van der Waals surface area contributed by atoms with Crippen LogP contribution >= 0.6 is 0 Å². The Labute approximate surface area is 118 Å². The van der Waals surface area contributed by atoms with Crippen molar-refractivity contribution >= 4 is 11.9 Å². The van der Waals surface area contributed by atoms with Gasteiger partial charge in [-0.25, -0.2) is 0 Å². The van der Waals surface area contributed by atoms with Crippen LogP contribution in [-0.2, 0) is 20.7 Å². The highest BCUT2D eigenvalue weighted by Crippen LogP contribution is 2.26. The largest absolute Gasteiger partial charge is 0.459 e. The highest BCUT2D eigenvalue weighted by Gasteiger charge is 2.35. The number of nitrogens with one attached hydrogen (secondary N) is 1. The van der Waals surface area contributed by atoms with Gasteiger partial charge in [0.05, 0.1) is 0 Å². The molecule has 2 atom stereocenters. The molecule has 1 aromatic rings. The minimum atomic E-state index is -0.655. The van der Waals surface area contributed by atoms with Crippen molar-refractivity contribution in [2.24, 2.45) is 5.73 Å². The normalized spacial score (nSPS) is 21.9. The van der Waals surface area contributed by atoms with Crippen molar-refractivity contribution in [3.05, 3.63) is 35.4 Å². The second-order valence-electron chi connectivity index (χ2n) is 5.99. The third-order valence-corrected chi connectivity index (χ3v) is 3.13. The number of carbonyl (C=O) groups is 2. The van der Waals surface area contributed by atoms with Crippen LogP contribution < -0.4 is 11.1 Å². The number of ether oxygens (including phenoxy) is 1. The molecule has 0 aromatic heterocycles. The molecule has 2 unspecified atom stereocenters. The van der Waals surface area contributed by atoms with Crippen LogP contribution in [0.2, 0.25) is 0 Å². The smallest absolute Gasteiger partial charge is 0.324 e. The quantitative estimate of drug-likeness (QED) is 0.792. The highest BCUT2D eigenvalue weighted by atomic mass is 16.6. The van der Waals surface area contributed by atoms with E-state index in [1.807, 2.05) is 45.0 Å². The molecule has 0 saturated carbocycles. The van der Waals surface area contributed by atoms with E-state index in [2.05, 4.69) is 5.32 Å². The molecule has 5 heteroatoms. The van der Waals surface area contributed by atoms with Crippen molar-refractivity contribution in [1.82, 2.24) is 5.32 Å². The number of esters is 1. The molecule has 0 radical (unpaired) electrons. The van der Waals surface area contributed by atoms with Crippen LogP contribution in [0.15, 0.2) is 24.3 Å². The van der Waals surface area contributed by atoms with E-state index >= 15 is 0 Å². The summed E-state index contributed by atoms with van der Waals surface area (Å²) in [5.41, 5.74) is 6.64. The zero-order valence-corrected chi connectivity index (χ0v) is 12.0. The lowest BCUT2D eigenvalue weighted by Crippen LogP contribution is -2.50. The standard InChI is InChI=1S/C15H20N2O3/c1-15(2,3)20-14(19)11-8-9-6-4-5-7-10(9)12(17-11)13(16)18/h4-7,11-12,17H,8H2,1-3H3,(H2,16,18). The van der Waals surface area contributed by atoms with Crippen molar-refractivity contribution < 1.29 is 14.3 Å². The lowest BCUT2D eigenvalue weighted by Gasteiger charge is -2.32. The van der Waals surface area contributed by atoms with Crippen LogP contribution in [0.25, 0.3) is 0 Å². The highest BCUT2D eigenvalue weighted by molar-refractivity contribution is 5.85. The van der Waals surface area contributed by atoms with Gasteiger partial charge in [0, 0.05) is 0 Å². The minimum Gasteiger partial charge on any atom is -0.459 e. The minimum absolute atomic E-state index is 0.363. The Balaban J connectivity index is 2.24. The van der Waals surface area contributed by atoms with E-state index in [-0.39, 0.29) is 5.97 Å². The van der Waals surface area contributed by atoms with Crippen molar-refractivity contribution in [3.63, 3.8) is 0 Å². The Morgan fingerprint density at radius 1 is 1.30 bits per heavy atom. The first-order valence-electron chi connectivity index (χ1n) is 6.64. The average molecular weight is 276 g/mol. The Bertz CT molecular complexity index is 534. The van der Waals surface area contributed by atoms with Gasteiger partial charge in [-0.15, -0.1) is 0 Å². The van der Waals surface area contributed by atoms with E-state index in [0.29, 0.717) is 6.42 Å². The fourth-order valence-electron chi connectivity index (χ4n) is 2.33. The van der Waals surface area contributed by atoms with E-state index < -0.39 is 23.6 Å². The maximum atomic E-state index is 12.2. The number of primary amides is 1. The molecular weight excluding hydrogens is 256 g/mol. The zero-order valence-electron chi connectivity index (χ0n) is 12.0. The molecule has 0 bridgehead atoms. The third kappa shape index (κ3) is 3.17. The van der Waals surface area contributed by atoms with Gasteiger partial charge < -0.3 is 10.5 Å². The Kier molecular flexibility index (Phi) is 3.81. The van der Waals surface area contributed by atoms with Crippen LogP contribution in [-0.4, -0.2) is 23.5 Å². The number of fused-ring (bicyclic) bond motifs is 1. The summed E-state index contributed by atoms with van der Waals surface area (Å²) in [6, 6.07) is 6.28. The molecule has 108 valence electrons. The summed E-state index contributed by atoms with van der Waals surface area (Å²) < 4.78 is 5.37. The maximum Gasteiger partial charge on any atom is 0.324 e. The number of hydrogen-bond donors (Lipinski definition) is 2. The molecule has 1 aromatic carbocycles. The molecule has 1 aliphatic heterocycles. The molecule has 0 fully saturated rings. The number of carbonyl (C=O) groups excluding carboxylic acids is 2. The lowest BCUT2D eigenvalue weighted by molar-refractivity contribution is -0.158.